The van der Waals surface area contributed by atoms with Crippen LogP contribution in [0.5, 0.6) is 11.5 Å². The smallest absolute Gasteiger partial charge is 0.161 e. The van der Waals surface area contributed by atoms with Crippen molar-refractivity contribution in [1.82, 2.24) is 5.32 Å². The van der Waals surface area contributed by atoms with Crippen molar-refractivity contribution in [3.05, 3.63) is 59.2 Å². The van der Waals surface area contributed by atoms with E-state index in [1.807, 2.05) is 6.07 Å². The molecule has 0 aromatic heterocycles. The van der Waals surface area contributed by atoms with E-state index in [0.717, 1.165) is 24.5 Å². The molecule has 1 heterocycles. The van der Waals surface area contributed by atoms with E-state index in [4.69, 9.17) is 9.47 Å². The summed E-state index contributed by atoms with van der Waals surface area (Å²) in [6, 6.07) is 15.1. The molecule has 0 bridgehead atoms. The molecule has 1 unspecified atom stereocenters. The van der Waals surface area contributed by atoms with E-state index in [9.17, 15) is 0 Å². The van der Waals surface area contributed by atoms with Gasteiger partial charge in [-0.05, 0) is 35.2 Å². The van der Waals surface area contributed by atoms with Gasteiger partial charge >= 0.3 is 0 Å². The van der Waals surface area contributed by atoms with Gasteiger partial charge in [0, 0.05) is 12.6 Å². The summed E-state index contributed by atoms with van der Waals surface area (Å²) in [4.78, 5) is 0. The highest BCUT2D eigenvalue weighted by molar-refractivity contribution is 5.44. The van der Waals surface area contributed by atoms with Gasteiger partial charge in [0.05, 0.1) is 14.2 Å². The molecule has 20 heavy (non-hydrogen) atoms. The Labute approximate surface area is 119 Å². The summed E-state index contributed by atoms with van der Waals surface area (Å²) in [5.41, 5.74) is 4.05. The van der Waals surface area contributed by atoms with Crippen LogP contribution in [0.4, 0.5) is 0 Å². The topological polar surface area (TPSA) is 30.5 Å². The third-order valence-corrected chi connectivity index (χ3v) is 3.89. The minimum atomic E-state index is 0.324. The van der Waals surface area contributed by atoms with E-state index in [1.54, 1.807) is 14.2 Å². The van der Waals surface area contributed by atoms with Gasteiger partial charge in [-0.25, -0.2) is 0 Å². The standard InChI is InChI=1S/C17H19NO2/c1-19-16-8-7-13(10-17(16)20-2)15-9-12-5-3-4-6-14(12)11-18-15/h3-8,10,15,18H,9,11H2,1-2H3. The number of ether oxygens (including phenoxy) is 2. The highest BCUT2D eigenvalue weighted by atomic mass is 16.5. The van der Waals surface area contributed by atoms with Crippen molar-refractivity contribution in [3.8, 4) is 11.5 Å². The van der Waals surface area contributed by atoms with Gasteiger partial charge in [0.25, 0.3) is 0 Å². The molecular weight excluding hydrogens is 250 g/mol. The van der Waals surface area contributed by atoms with Gasteiger partial charge in [-0.3, -0.25) is 0 Å². The lowest BCUT2D eigenvalue weighted by Gasteiger charge is -2.27. The Bertz CT molecular complexity index is 610. The molecule has 0 aliphatic carbocycles. The summed E-state index contributed by atoms with van der Waals surface area (Å²) < 4.78 is 10.7. The Morgan fingerprint density at radius 2 is 1.70 bits per heavy atom. The number of nitrogens with one attached hydrogen (secondary N) is 1. The minimum absolute atomic E-state index is 0.324. The molecule has 1 aliphatic heterocycles. The molecule has 0 amide bonds. The summed E-state index contributed by atoms with van der Waals surface area (Å²) in [6.45, 7) is 0.912. The zero-order chi connectivity index (χ0) is 13.9. The van der Waals surface area contributed by atoms with Crippen molar-refractivity contribution in [2.45, 2.75) is 19.0 Å². The second-order valence-electron chi connectivity index (χ2n) is 5.02. The van der Waals surface area contributed by atoms with Crippen molar-refractivity contribution in [2.24, 2.45) is 0 Å². The van der Waals surface area contributed by atoms with Gasteiger partial charge in [-0.15, -0.1) is 0 Å². The van der Waals surface area contributed by atoms with Crippen LogP contribution in [0.1, 0.15) is 22.7 Å². The van der Waals surface area contributed by atoms with Crippen LogP contribution in [0.25, 0.3) is 0 Å². The van der Waals surface area contributed by atoms with E-state index < -0.39 is 0 Å². The molecule has 0 saturated carbocycles. The van der Waals surface area contributed by atoms with Gasteiger partial charge in [0.2, 0.25) is 0 Å². The SMILES string of the molecule is COc1ccc(C2Cc3ccccc3CN2)cc1OC. The van der Waals surface area contributed by atoms with Crippen LogP contribution in [-0.4, -0.2) is 14.2 Å². The number of benzene rings is 2. The van der Waals surface area contributed by atoms with Crippen LogP contribution in [0.15, 0.2) is 42.5 Å². The fraction of sp³-hybridized carbons (Fsp3) is 0.294. The first-order valence-electron chi connectivity index (χ1n) is 6.84. The fourth-order valence-corrected chi connectivity index (χ4v) is 2.76. The maximum Gasteiger partial charge on any atom is 0.161 e. The van der Waals surface area contributed by atoms with Crippen molar-refractivity contribution in [2.75, 3.05) is 14.2 Å². The highest BCUT2D eigenvalue weighted by Gasteiger charge is 2.20. The summed E-state index contributed by atoms with van der Waals surface area (Å²) in [5.74, 6) is 1.55. The first-order valence-corrected chi connectivity index (χ1v) is 6.84. The molecule has 0 saturated heterocycles. The van der Waals surface area contributed by atoms with Crippen molar-refractivity contribution in [3.63, 3.8) is 0 Å². The number of fused-ring (bicyclic) bond motifs is 1. The Balaban J connectivity index is 1.88. The Kier molecular flexibility index (Phi) is 3.61. The number of hydrogen-bond donors (Lipinski definition) is 1. The summed E-state index contributed by atoms with van der Waals surface area (Å²) >= 11 is 0. The quantitative estimate of drug-likeness (QED) is 0.928. The Morgan fingerprint density at radius 3 is 2.45 bits per heavy atom. The molecule has 2 aromatic rings. The average Bonchev–Trinajstić information content (AvgIpc) is 2.53. The predicted octanol–water partition coefficient (Wildman–Crippen LogP) is 3.09. The van der Waals surface area contributed by atoms with Crippen molar-refractivity contribution >= 4 is 0 Å². The fourth-order valence-electron chi connectivity index (χ4n) is 2.76. The van der Waals surface area contributed by atoms with Gasteiger partial charge in [0.1, 0.15) is 0 Å². The second-order valence-corrected chi connectivity index (χ2v) is 5.02. The summed E-state index contributed by atoms with van der Waals surface area (Å²) in [6.07, 6.45) is 1.01. The van der Waals surface area contributed by atoms with Gasteiger partial charge in [0.15, 0.2) is 11.5 Å². The maximum absolute atomic E-state index is 5.38. The van der Waals surface area contributed by atoms with Gasteiger partial charge in [-0.2, -0.15) is 0 Å². The third-order valence-electron chi connectivity index (χ3n) is 3.89. The van der Waals surface area contributed by atoms with Gasteiger partial charge < -0.3 is 14.8 Å². The van der Waals surface area contributed by atoms with Crippen LogP contribution in [0.3, 0.4) is 0 Å². The largest absolute Gasteiger partial charge is 0.493 e. The Morgan fingerprint density at radius 1 is 0.950 bits per heavy atom. The summed E-state index contributed by atoms with van der Waals surface area (Å²) in [5, 5.41) is 3.58. The van der Waals surface area contributed by atoms with E-state index >= 15 is 0 Å². The highest BCUT2D eigenvalue weighted by Crippen LogP contribution is 2.32. The molecule has 1 atom stereocenters. The molecule has 3 heteroatoms. The van der Waals surface area contributed by atoms with Crippen LogP contribution in [0.2, 0.25) is 0 Å². The molecule has 0 radical (unpaired) electrons. The predicted molar refractivity (Wildman–Crippen MR) is 79.3 cm³/mol. The molecule has 1 aliphatic rings. The first kappa shape index (κ1) is 13.0. The lowest BCUT2D eigenvalue weighted by atomic mass is 9.91. The van der Waals surface area contributed by atoms with Crippen molar-refractivity contribution in [1.29, 1.82) is 0 Å². The molecule has 3 rings (SSSR count). The van der Waals surface area contributed by atoms with Gasteiger partial charge in [-0.1, -0.05) is 30.3 Å². The Hall–Kier alpha value is -2.00. The molecular formula is C17H19NO2. The zero-order valence-corrected chi connectivity index (χ0v) is 11.8. The lowest BCUT2D eigenvalue weighted by molar-refractivity contribution is 0.353. The molecule has 2 aromatic carbocycles. The molecule has 104 valence electrons. The normalized spacial score (nSPS) is 17.4. The molecule has 1 N–H and O–H groups in total. The van der Waals surface area contributed by atoms with Crippen LogP contribution >= 0.6 is 0 Å². The number of rotatable bonds is 3. The van der Waals surface area contributed by atoms with Crippen LogP contribution in [0, 0.1) is 0 Å². The second kappa shape index (κ2) is 5.55. The zero-order valence-electron chi connectivity index (χ0n) is 11.8. The first-order chi connectivity index (χ1) is 9.81. The molecule has 3 nitrogen and oxygen atoms in total. The van der Waals surface area contributed by atoms with E-state index in [1.165, 1.54) is 16.7 Å². The van der Waals surface area contributed by atoms with E-state index in [-0.39, 0.29) is 0 Å². The van der Waals surface area contributed by atoms with E-state index in [0.29, 0.717) is 6.04 Å². The average molecular weight is 269 g/mol. The summed E-state index contributed by atoms with van der Waals surface area (Å²) in [7, 11) is 3.33. The van der Waals surface area contributed by atoms with Crippen molar-refractivity contribution < 1.29 is 9.47 Å². The monoisotopic (exact) mass is 269 g/mol. The lowest BCUT2D eigenvalue weighted by Crippen LogP contribution is -2.28. The van der Waals surface area contributed by atoms with Crippen LogP contribution < -0.4 is 14.8 Å². The minimum Gasteiger partial charge on any atom is -0.493 e. The van der Waals surface area contributed by atoms with E-state index in [2.05, 4.69) is 41.7 Å². The molecule has 0 fully saturated rings. The molecule has 0 spiro atoms. The van der Waals surface area contributed by atoms with Crippen LogP contribution in [-0.2, 0) is 13.0 Å². The number of methoxy groups -OCH3 is 2. The third kappa shape index (κ3) is 2.37. The maximum atomic E-state index is 5.38. The number of hydrogen-bond acceptors (Lipinski definition) is 3.